The van der Waals surface area contributed by atoms with E-state index in [1.54, 1.807) is 12.1 Å². The van der Waals surface area contributed by atoms with Gasteiger partial charge in [-0.25, -0.2) is 9.78 Å². The predicted molar refractivity (Wildman–Crippen MR) is 103 cm³/mol. The van der Waals surface area contributed by atoms with Crippen LogP contribution in [0.5, 0.6) is 0 Å². The van der Waals surface area contributed by atoms with Crippen LogP contribution >= 0.6 is 15.9 Å². The fourth-order valence-corrected chi connectivity index (χ4v) is 2.77. The number of aromatic nitrogens is 1. The van der Waals surface area contributed by atoms with E-state index < -0.39 is 5.97 Å². The van der Waals surface area contributed by atoms with Crippen molar-refractivity contribution in [2.45, 2.75) is 13.0 Å². The van der Waals surface area contributed by atoms with Crippen molar-refractivity contribution in [3.63, 3.8) is 0 Å². The number of amides is 1. The summed E-state index contributed by atoms with van der Waals surface area (Å²) >= 11 is 3.37. The van der Waals surface area contributed by atoms with E-state index in [9.17, 15) is 9.59 Å². The fourth-order valence-electron chi connectivity index (χ4n) is 2.50. The highest BCUT2D eigenvalue weighted by atomic mass is 79.9. The van der Waals surface area contributed by atoms with Crippen molar-refractivity contribution >= 4 is 38.7 Å². The SMILES string of the molecule is C[C@H](NC(=O)COC(=O)c1ccc2ccccc2n1)c1ccc(Br)cc1. The van der Waals surface area contributed by atoms with E-state index in [1.807, 2.05) is 55.5 Å². The maximum atomic E-state index is 12.1. The number of carbonyl (C=O) groups excluding carboxylic acids is 2. The Morgan fingerprint density at radius 1 is 1.08 bits per heavy atom. The zero-order valence-electron chi connectivity index (χ0n) is 14.1. The van der Waals surface area contributed by atoms with Crippen LogP contribution < -0.4 is 5.32 Å². The second-order valence-electron chi connectivity index (χ2n) is 5.81. The van der Waals surface area contributed by atoms with Gasteiger partial charge in [0.1, 0.15) is 5.69 Å². The Morgan fingerprint density at radius 3 is 2.58 bits per heavy atom. The minimum Gasteiger partial charge on any atom is -0.451 e. The summed E-state index contributed by atoms with van der Waals surface area (Å²) in [5, 5.41) is 3.74. The lowest BCUT2D eigenvalue weighted by Crippen LogP contribution is -2.31. The van der Waals surface area contributed by atoms with Crippen LogP contribution in [-0.2, 0) is 9.53 Å². The molecule has 6 heteroatoms. The van der Waals surface area contributed by atoms with Gasteiger partial charge in [-0.1, -0.05) is 52.3 Å². The first kappa shape index (κ1) is 18.1. The largest absolute Gasteiger partial charge is 0.451 e. The van der Waals surface area contributed by atoms with Crippen LogP contribution in [0.15, 0.2) is 65.1 Å². The van der Waals surface area contributed by atoms with E-state index >= 15 is 0 Å². The van der Waals surface area contributed by atoms with E-state index in [4.69, 9.17) is 4.74 Å². The van der Waals surface area contributed by atoms with E-state index in [0.29, 0.717) is 5.52 Å². The molecular weight excluding hydrogens is 396 g/mol. The Bertz CT molecular complexity index is 941. The normalized spacial score (nSPS) is 11.8. The summed E-state index contributed by atoms with van der Waals surface area (Å²) in [5.74, 6) is -0.989. The van der Waals surface area contributed by atoms with Gasteiger partial charge in [0.05, 0.1) is 11.6 Å². The van der Waals surface area contributed by atoms with Crippen LogP contribution in [0.25, 0.3) is 10.9 Å². The van der Waals surface area contributed by atoms with Gasteiger partial charge >= 0.3 is 5.97 Å². The summed E-state index contributed by atoms with van der Waals surface area (Å²) in [6.07, 6.45) is 0. The summed E-state index contributed by atoms with van der Waals surface area (Å²) < 4.78 is 6.04. The van der Waals surface area contributed by atoms with E-state index in [0.717, 1.165) is 15.4 Å². The Kier molecular flexibility index (Phi) is 5.63. The highest BCUT2D eigenvalue weighted by molar-refractivity contribution is 9.10. The summed E-state index contributed by atoms with van der Waals surface area (Å²) in [5.41, 5.74) is 1.84. The monoisotopic (exact) mass is 412 g/mol. The van der Waals surface area contributed by atoms with Crippen LogP contribution in [0.3, 0.4) is 0 Å². The molecule has 0 aliphatic rings. The molecule has 1 aromatic heterocycles. The van der Waals surface area contributed by atoms with Crippen molar-refractivity contribution in [1.82, 2.24) is 10.3 Å². The third kappa shape index (κ3) is 4.46. The number of benzene rings is 2. The summed E-state index contributed by atoms with van der Waals surface area (Å²) in [6, 6.07) is 18.3. The summed E-state index contributed by atoms with van der Waals surface area (Å²) in [7, 11) is 0. The van der Waals surface area contributed by atoms with Crippen LogP contribution in [0.1, 0.15) is 29.0 Å². The van der Waals surface area contributed by atoms with Crippen molar-refractivity contribution in [3.05, 3.63) is 76.4 Å². The van der Waals surface area contributed by atoms with Gasteiger partial charge in [-0.05, 0) is 36.8 Å². The highest BCUT2D eigenvalue weighted by Gasteiger charge is 2.14. The first-order valence-electron chi connectivity index (χ1n) is 8.10. The van der Waals surface area contributed by atoms with Crippen LogP contribution in [0.4, 0.5) is 0 Å². The van der Waals surface area contributed by atoms with Crippen molar-refractivity contribution in [2.75, 3.05) is 6.61 Å². The molecule has 0 unspecified atom stereocenters. The molecule has 1 atom stereocenters. The highest BCUT2D eigenvalue weighted by Crippen LogP contribution is 2.16. The number of nitrogens with one attached hydrogen (secondary N) is 1. The zero-order valence-corrected chi connectivity index (χ0v) is 15.7. The molecule has 5 nitrogen and oxygen atoms in total. The minimum atomic E-state index is -0.623. The Labute approximate surface area is 159 Å². The summed E-state index contributed by atoms with van der Waals surface area (Å²) in [4.78, 5) is 28.4. The number of nitrogens with zero attached hydrogens (tertiary/aromatic N) is 1. The number of carbonyl (C=O) groups is 2. The fraction of sp³-hybridized carbons (Fsp3) is 0.150. The quantitative estimate of drug-likeness (QED) is 0.642. The number of hydrogen-bond donors (Lipinski definition) is 1. The Hall–Kier alpha value is -2.73. The van der Waals surface area contributed by atoms with Crippen molar-refractivity contribution < 1.29 is 14.3 Å². The standard InChI is InChI=1S/C20H17BrN2O3/c1-13(14-6-9-16(21)10-7-14)22-19(24)12-26-20(25)18-11-8-15-4-2-3-5-17(15)23-18/h2-11,13H,12H2,1H3,(H,22,24)/t13-/m0/s1. The molecule has 26 heavy (non-hydrogen) atoms. The number of halogens is 1. The Balaban J connectivity index is 1.56. The molecule has 2 aromatic carbocycles. The number of pyridine rings is 1. The van der Waals surface area contributed by atoms with Crippen molar-refractivity contribution in [1.29, 1.82) is 0 Å². The molecule has 0 aliphatic carbocycles. The van der Waals surface area contributed by atoms with Gasteiger partial charge in [-0.15, -0.1) is 0 Å². The topological polar surface area (TPSA) is 68.3 Å². The van der Waals surface area contributed by atoms with Gasteiger partial charge in [0.15, 0.2) is 6.61 Å². The number of esters is 1. The molecule has 0 fully saturated rings. The zero-order chi connectivity index (χ0) is 18.5. The van der Waals surface area contributed by atoms with Crippen molar-refractivity contribution in [3.8, 4) is 0 Å². The lowest BCUT2D eigenvalue weighted by Gasteiger charge is -2.14. The first-order valence-corrected chi connectivity index (χ1v) is 8.90. The third-order valence-electron chi connectivity index (χ3n) is 3.89. The van der Waals surface area contributed by atoms with Gasteiger partial charge in [-0.3, -0.25) is 4.79 Å². The molecule has 0 bridgehead atoms. The van der Waals surface area contributed by atoms with Crippen LogP contribution in [-0.4, -0.2) is 23.5 Å². The molecule has 3 rings (SSSR count). The average molecular weight is 413 g/mol. The smallest absolute Gasteiger partial charge is 0.357 e. The molecule has 0 radical (unpaired) electrons. The second kappa shape index (κ2) is 8.10. The predicted octanol–water partition coefficient (Wildman–Crippen LogP) is 4.03. The molecule has 1 amide bonds. The lowest BCUT2D eigenvalue weighted by molar-refractivity contribution is -0.124. The van der Waals surface area contributed by atoms with E-state index in [1.165, 1.54) is 0 Å². The average Bonchev–Trinajstić information content (AvgIpc) is 2.66. The number of hydrogen-bond acceptors (Lipinski definition) is 4. The molecule has 0 saturated heterocycles. The van der Waals surface area contributed by atoms with Gasteiger partial charge in [0.2, 0.25) is 0 Å². The molecule has 0 aliphatic heterocycles. The third-order valence-corrected chi connectivity index (χ3v) is 4.42. The number of ether oxygens (including phenoxy) is 1. The lowest BCUT2D eigenvalue weighted by atomic mass is 10.1. The minimum absolute atomic E-state index is 0.178. The molecule has 3 aromatic rings. The number of rotatable bonds is 5. The molecule has 1 N–H and O–H groups in total. The van der Waals surface area contributed by atoms with Gasteiger partial charge < -0.3 is 10.1 Å². The van der Waals surface area contributed by atoms with E-state index in [-0.39, 0.29) is 24.2 Å². The van der Waals surface area contributed by atoms with Gasteiger partial charge in [0.25, 0.3) is 5.91 Å². The van der Waals surface area contributed by atoms with E-state index in [2.05, 4.69) is 26.2 Å². The van der Waals surface area contributed by atoms with Gasteiger partial charge in [-0.2, -0.15) is 0 Å². The Morgan fingerprint density at radius 2 is 1.81 bits per heavy atom. The van der Waals surface area contributed by atoms with Crippen LogP contribution in [0, 0.1) is 0 Å². The number of fused-ring (bicyclic) bond motifs is 1. The molecule has 132 valence electrons. The maximum absolute atomic E-state index is 12.1. The molecular formula is C20H17BrN2O3. The molecule has 0 spiro atoms. The first-order chi connectivity index (χ1) is 12.5. The molecule has 0 saturated carbocycles. The second-order valence-corrected chi connectivity index (χ2v) is 6.72. The van der Waals surface area contributed by atoms with Crippen molar-refractivity contribution in [2.24, 2.45) is 0 Å². The van der Waals surface area contributed by atoms with Crippen LogP contribution in [0.2, 0.25) is 0 Å². The van der Waals surface area contributed by atoms with Gasteiger partial charge in [0, 0.05) is 9.86 Å². The molecule has 1 heterocycles. The number of para-hydroxylation sites is 1. The summed E-state index contributed by atoms with van der Waals surface area (Å²) in [6.45, 7) is 1.52. The maximum Gasteiger partial charge on any atom is 0.357 e.